The molecule has 1 N–H and O–H groups in total. The van der Waals surface area contributed by atoms with Crippen molar-refractivity contribution >= 4 is 17.3 Å². The van der Waals surface area contributed by atoms with Crippen molar-refractivity contribution in [2.75, 3.05) is 5.32 Å². The summed E-state index contributed by atoms with van der Waals surface area (Å²) in [7, 11) is 0. The standard InChI is InChI=1S/C16H18N2O4/c1-2-4-12-9-5-3-6-10(9)14-13(18(21)22)8-7-11(16(19)20)15(14)17-12/h3,6-10,12,17H,2,4-5H2,1H3,(H,19,20)/p-1/t9-,10-,12-/m1/s1. The van der Waals surface area contributed by atoms with Gasteiger partial charge in [0.2, 0.25) is 0 Å². The van der Waals surface area contributed by atoms with Crippen molar-refractivity contribution in [3.8, 4) is 0 Å². The van der Waals surface area contributed by atoms with Crippen molar-refractivity contribution in [1.82, 2.24) is 0 Å². The monoisotopic (exact) mass is 301 g/mol. The van der Waals surface area contributed by atoms with E-state index in [1.165, 1.54) is 12.1 Å². The Bertz CT molecular complexity index is 668. The van der Waals surface area contributed by atoms with Gasteiger partial charge in [-0.05, 0) is 24.8 Å². The molecule has 0 radical (unpaired) electrons. The number of rotatable bonds is 4. The highest BCUT2D eigenvalue weighted by Crippen LogP contribution is 2.49. The van der Waals surface area contributed by atoms with Crippen LogP contribution in [0.25, 0.3) is 0 Å². The third-order valence-electron chi connectivity index (χ3n) is 4.63. The minimum Gasteiger partial charge on any atom is -0.545 e. The molecule has 0 bridgehead atoms. The van der Waals surface area contributed by atoms with Crippen LogP contribution in [0.3, 0.4) is 0 Å². The molecule has 2 aliphatic rings. The quantitative estimate of drug-likeness (QED) is 0.522. The van der Waals surface area contributed by atoms with Crippen LogP contribution in [0.5, 0.6) is 0 Å². The van der Waals surface area contributed by atoms with Crippen LogP contribution in [-0.4, -0.2) is 16.9 Å². The number of hydrogen-bond donors (Lipinski definition) is 1. The lowest BCUT2D eigenvalue weighted by Crippen LogP contribution is -2.38. The first-order chi connectivity index (χ1) is 10.5. The van der Waals surface area contributed by atoms with E-state index in [2.05, 4.69) is 12.2 Å². The van der Waals surface area contributed by atoms with Crippen LogP contribution in [0.2, 0.25) is 0 Å². The van der Waals surface area contributed by atoms with E-state index in [1.807, 2.05) is 12.2 Å². The second-order valence-electron chi connectivity index (χ2n) is 5.86. The summed E-state index contributed by atoms with van der Waals surface area (Å²) in [6, 6.07) is 2.66. The van der Waals surface area contributed by atoms with Crippen LogP contribution < -0.4 is 10.4 Å². The molecule has 0 saturated heterocycles. The zero-order valence-corrected chi connectivity index (χ0v) is 12.2. The van der Waals surface area contributed by atoms with Gasteiger partial charge in [0.15, 0.2) is 0 Å². The lowest BCUT2D eigenvalue weighted by molar-refractivity contribution is -0.385. The van der Waals surface area contributed by atoms with E-state index < -0.39 is 10.9 Å². The van der Waals surface area contributed by atoms with Crippen LogP contribution in [0.1, 0.15) is 48.0 Å². The Hall–Kier alpha value is -2.37. The average Bonchev–Trinajstić information content (AvgIpc) is 2.95. The van der Waals surface area contributed by atoms with Gasteiger partial charge in [-0.3, -0.25) is 10.1 Å². The molecule has 1 aromatic carbocycles. The van der Waals surface area contributed by atoms with Gasteiger partial charge in [-0.25, -0.2) is 0 Å². The van der Waals surface area contributed by atoms with Crippen molar-refractivity contribution < 1.29 is 14.8 Å². The van der Waals surface area contributed by atoms with E-state index in [4.69, 9.17) is 0 Å². The first-order valence-corrected chi connectivity index (χ1v) is 7.50. The normalized spacial score (nSPS) is 25.2. The number of carbonyl (C=O) groups is 1. The molecule has 116 valence electrons. The lowest BCUT2D eigenvalue weighted by Gasteiger charge is -2.38. The highest BCUT2D eigenvalue weighted by atomic mass is 16.6. The summed E-state index contributed by atoms with van der Waals surface area (Å²) in [5.74, 6) is -1.18. The molecule has 0 aromatic heterocycles. The third-order valence-corrected chi connectivity index (χ3v) is 4.63. The van der Waals surface area contributed by atoms with Crippen molar-refractivity contribution in [3.05, 3.63) is 45.5 Å². The fraction of sp³-hybridized carbons (Fsp3) is 0.438. The second kappa shape index (κ2) is 5.44. The summed E-state index contributed by atoms with van der Waals surface area (Å²) in [4.78, 5) is 22.3. The number of benzene rings is 1. The first kappa shape index (κ1) is 14.6. The molecule has 1 aromatic rings. The zero-order valence-electron chi connectivity index (χ0n) is 12.2. The Morgan fingerprint density at radius 1 is 1.45 bits per heavy atom. The summed E-state index contributed by atoms with van der Waals surface area (Å²) in [5, 5.41) is 26.0. The van der Waals surface area contributed by atoms with Crippen molar-refractivity contribution in [2.24, 2.45) is 5.92 Å². The van der Waals surface area contributed by atoms with Crippen LogP contribution in [-0.2, 0) is 0 Å². The fourth-order valence-corrected chi connectivity index (χ4v) is 3.72. The highest BCUT2D eigenvalue weighted by molar-refractivity contribution is 5.95. The van der Waals surface area contributed by atoms with Crippen LogP contribution in [0.15, 0.2) is 24.3 Å². The van der Waals surface area contributed by atoms with E-state index in [0.717, 1.165) is 19.3 Å². The summed E-state index contributed by atoms with van der Waals surface area (Å²) in [6.07, 6.45) is 6.72. The molecule has 1 aliphatic heterocycles. The van der Waals surface area contributed by atoms with Gasteiger partial charge in [0, 0.05) is 23.6 Å². The molecule has 3 atom stereocenters. The predicted octanol–water partition coefficient (Wildman–Crippen LogP) is 2.21. The Labute approximate surface area is 128 Å². The van der Waals surface area contributed by atoms with Gasteiger partial charge in [-0.15, -0.1) is 0 Å². The third kappa shape index (κ3) is 2.15. The smallest absolute Gasteiger partial charge is 0.275 e. The van der Waals surface area contributed by atoms with Crippen molar-refractivity contribution in [1.29, 1.82) is 0 Å². The maximum absolute atomic E-state index is 11.4. The molecule has 1 heterocycles. The molecule has 0 fully saturated rings. The molecule has 22 heavy (non-hydrogen) atoms. The maximum atomic E-state index is 11.4. The summed E-state index contributed by atoms with van der Waals surface area (Å²) < 4.78 is 0. The van der Waals surface area contributed by atoms with Crippen LogP contribution in [0, 0.1) is 16.0 Å². The summed E-state index contributed by atoms with van der Waals surface area (Å²) in [6.45, 7) is 2.07. The Morgan fingerprint density at radius 3 is 2.86 bits per heavy atom. The molecular formula is C16H17N2O4-. The number of anilines is 1. The molecule has 3 rings (SSSR count). The van der Waals surface area contributed by atoms with E-state index in [9.17, 15) is 20.0 Å². The van der Waals surface area contributed by atoms with E-state index >= 15 is 0 Å². The topological polar surface area (TPSA) is 95.3 Å². The van der Waals surface area contributed by atoms with Gasteiger partial charge in [-0.2, -0.15) is 0 Å². The minimum atomic E-state index is -1.31. The molecule has 6 nitrogen and oxygen atoms in total. The van der Waals surface area contributed by atoms with Gasteiger partial charge in [-0.1, -0.05) is 25.5 Å². The van der Waals surface area contributed by atoms with Gasteiger partial charge >= 0.3 is 0 Å². The van der Waals surface area contributed by atoms with Crippen LogP contribution >= 0.6 is 0 Å². The molecule has 0 saturated carbocycles. The van der Waals surface area contributed by atoms with Gasteiger partial charge < -0.3 is 15.2 Å². The van der Waals surface area contributed by atoms with Crippen LogP contribution in [0.4, 0.5) is 11.4 Å². The minimum absolute atomic E-state index is 0.000420. The number of nitro groups is 1. The lowest BCUT2D eigenvalue weighted by atomic mass is 9.76. The number of aromatic carboxylic acids is 1. The van der Waals surface area contributed by atoms with Crippen molar-refractivity contribution in [2.45, 2.75) is 38.1 Å². The molecule has 0 unspecified atom stereocenters. The Balaban J connectivity index is 2.20. The van der Waals surface area contributed by atoms with Gasteiger partial charge in [0.1, 0.15) is 0 Å². The number of carboxylic acids is 1. The number of fused-ring (bicyclic) bond motifs is 3. The highest BCUT2D eigenvalue weighted by Gasteiger charge is 2.41. The number of nitrogens with zero attached hydrogens (tertiary/aromatic N) is 1. The largest absolute Gasteiger partial charge is 0.545 e. The van der Waals surface area contributed by atoms with Gasteiger partial charge in [0.05, 0.1) is 22.1 Å². The molecule has 0 spiro atoms. The Kier molecular flexibility index (Phi) is 3.60. The van der Waals surface area contributed by atoms with Gasteiger partial charge in [0.25, 0.3) is 5.69 Å². The van der Waals surface area contributed by atoms with E-state index in [1.54, 1.807) is 0 Å². The first-order valence-electron chi connectivity index (χ1n) is 7.50. The number of carbonyl (C=O) groups excluding carboxylic acids is 1. The zero-order chi connectivity index (χ0) is 15.9. The fourth-order valence-electron chi connectivity index (χ4n) is 3.72. The number of allylic oxidation sites excluding steroid dienone is 2. The van der Waals surface area contributed by atoms with Crippen molar-refractivity contribution in [3.63, 3.8) is 0 Å². The molecule has 0 amide bonds. The van der Waals surface area contributed by atoms with E-state index in [-0.39, 0.29) is 29.1 Å². The molecule has 1 aliphatic carbocycles. The number of nitrogens with one attached hydrogen (secondary N) is 1. The summed E-state index contributed by atoms with van der Waals surface area (Å²) >= 11 is 0. The number of nitro benzene ring substituents is 1. The number of carboxylic acid groups (broad SMARTS) is 1. The second-order valence-corrected chi connectivity index (χ2v) is 5.86. The molecule has 6 heteroatoms. The number of hydrogen-bond acceptors (Lipinski definition) is 5. The average molecular weight is 301 g/mol. The summed E-state index contributed by atoms with van der Waals surface area (Å²) in [5.41, 5.74) is 0.822. The maximum Gasteiger partial charge on any atom is 0.275 e. The molecular weight excluding hydrogens is 284 g/mol. The predicted molar refractivity (Wildman–Crippen MR) is 79.7 cm³/mol. The Morgan fingerprint density at radius 2 is 2.23 bits per heavy atom. The SMILES string of the molecule is CCC[C@H]1Nc2c(C(=O)[O-])ccc([N+](=O)[O-])c2[C@@H]2C=CC[C@@H]12. The van der Waals surface area contributed by atoms with E-state index in [0.29, 0.717) is 11.3 Å².